The Balaban J connectivity index is 1.19. The third kappa shape index (κ3) is 6.80. The van der Waals surface area contributed by atoms with Gasteiger partial charge in [-0.15, -0.1) is 0 Å². The maximum atomic E-state index is 15.6. The number of nitrogens with zero attached hydrogens (tertiary/aromatic N) is 1. The zero-order chi connectivity index (χ0) is 32.1. The highest BCUT2D eigenvalue weighted by molar-refractivity contribution is 5.94. The van der Waals surface area contributed by atoms with Gasteiger partial charge in [-0.3, -0.25) is 9.59 Å². The van der Waals surface area contributed by atoms with Crippen molar-refractivity contribution in [1.29, 1.82) is 0 Å². The van der Waals surface area contributed by atoms with Gasteiger partial charge in [-0.1, -0.05) is 81.6 Å². The molecule has 3 unspecified atom stereocenters. The number of hydrogen-bond acceptors (Lipinski definition) is 3. The first kappa shape index (κ1) is 32.5. The van der Waals surface area contributed by atoms with E-state index in [1.54, 1.807) is 6.07 Å². The number of ether oxygens (including phenoxy) is 1. The number of rotatable bonds is 13. The first-order valence-corrected chi connectivity index (χ1v) is 17.8. The summed E-state index contributed by atoms with van der Waals surface area (Å²) in [5.74, 6) is 2.06. The van der Waals surface area contributed by atoms with Gasteiger partial charge in [0.1, 0.15) is 12.4 Å². The average molecular weight is 624 g/mol. The molecule has 0 radical (unpaired) electrons. The van der Waals surface area contributed by atoms with E-state index >= 15 is 4.39 Å². The van der Waals surface area contributed by atoms with E-state index < -0.39 is 0 Å². The Morgan fingerprint density at radius 2 is 1.67 bits per heavy atom. The summed E-state index contributed by atoms with van der Waals surface area (Å²) in [5, 5.41) is 0. The van der Waals surface area contributed by atoms with Crippen LogP contribution in [0.15, 0.2) is 72.8 Å². The van der Waals surface area contributed by atoms with Crippen LogP contribution < -0.4 is 4.74 Å². The zero-order valence-electron chi connectivity index (χ0n) is 27.7. The Morgan fingerprint density at radius 3 is 2.41 bits per heavy atom. The number of unbranched alkanes of at least 4 members (excludes halogenated alkanes) is 3. The predicted octanol–water partition coefficient (Wildman–Crippen LogP) is 9.56. The van der Waals surface area contributed by atoms with Crippen LogP contribution in [0.25, 0.3) is 0 Å². The minimum Gasteiger partial charge on any atom is -0.486 e. The SMILES string of the molecule is CCCCCN(CCCC[C@@H]1Cc2cc(OCc3ccccc3)c(F)cc2C2CC[C@]3(C)C(=O)CCC3C21)C(=O)c1ccccc1. The quantitative estimate of drug-likeness (QED) is 0.178. The lowest BCUT2D eigenvalue weighted by Gasteiger charge is -2.51. The first-order valence-electron chi connectivity index (χ1n) is 17.8. The molecule has 5 heteroatoms. The fraction of sp³-hybridized carbons (Fsp3) is 0.512. The van der Waals surface area contributed by atoms with Crippen LogP contribution in [0, 0.1) is 29.0 Å². The molecule has 3 aromatic rings. The lowest BCUT2D eigenvalue weighted by molar-refractivity contribution is -0.130. The van der Waals surface area contributed by atoms with E-state index in [1.807, 2.05) is 66.7 Å². The maximum Gasteiger partial charge on any atom is 0.253 e. The van der Waals surface area contributed by atoms with Crippen molar-refractivity contribution in [2.45, 2.75) is 97.0 Å². The Kier molecular flexibility index (Phi) is 10.3. The van der Waals surface area contributed by atoms with Gasteiger partial charge in [-0.25, -0.2) is 4.39 Å². The van der Waals surface area contributed by atoms with Crippen LogP contribution in [0.5, 0.6) is 5.75 Å². The normalized spacial score (nSPS) is 25.0. The summed E-state index contributed by atoms with van der Waals surface area (Å²) < 4.78 is 21.6. The lowest BCUT2D eigenvalue weighted by Crippen LogP contribution is -2.46. The van der Waals surface area contributed by atoms with Gasteiger partial charge in [0.25, 0.3) is 5.91 Å². The maximum absolute atomic E-state index is 15.6. The number of benzene rings is 3. The van der Waals surface area contributed by atoms with Gasteiger partial charge in [-0.2, -0.15) is 0 Å². The van der Waals surface area contributed by atoms with E-state index in [4.69, 9.17) is 4.74 Å². The monoisotopic (exact) mass is 623 g/mol. The molecule has 5 atom stereocenters. The van der Waals surface area contributed by atoms with Crippen molar-refractivity contribution in [3.63, 3.8) is 0 Å². The van der Waals surface area contributed by atoms with Crippen LogP contribution in [0.3, 0.4) is 0 Å². The molecule has 0 bridgehead atoms. The summed E-state index contributed by atoms with van der Waals surface area (Å²) in [6, 6.07) is 23.3. The Bertz CT molecular complexity index is 1490. The van der Waals surface area contributed by atoms with Crippen LogP contribution in [0.1, 0.15) is 111 Å². The van der Waals surface area contributed by atoms with E-state index in [0.717, 1.165) is 94.0 Å². The molecule has 3 aliphatic carbocycles. The number of ketones is 1. The van der Waals surface area contributed by atoms with Crippen molar-refractivity contribution >= 4 is 11.7 Å². The largest absolute Gasteiger partial charge is 0.486 e. The molecule has 0 aliphatic heterocycles. The molecule has 2 saturated carbocycles. The average Bonchev–Trinajstić information content (AvgIpc) is 3.39. The highest BCUT2D eigenvalue weighted by atomic mass is 19.1. The Hall–Kier alpha value is -3.47. The molecule has 0 aromatic heterocycles. The van der Waals surface area contributed by atoms with Crippen molar-refractivity contribution in [2.24, 2.45) is 23.2 Å². The third-order valence-electron chi connectivity index (χ3n) is 11.5. The van der Waals surface area contributed by atoms with Gasteiger partial charge in [0.05, 0.1) is 0 Å². The van der Waals surface area contributed by atoms with E-state index in [2.05, 4.69) is 18.7 Å². The topological polar surface area (TPSA) is 46.6 Å². The molecule has 6 rings (SSSR count). The molecule has 4 nitrogen and oxygen atoms in total. The van der Waals surface area contributed by atoms with Crippen molar-refractivity contribution in [2.75, 3.05) is 13.1 Å². The van der Waals surface area contributed by atoms with Crippen molar-refractivity contribution in [3.05, 3.63) is 101 Å². The van der Waals surface area contributed by atoms with Crippen LogP contribution in [-0.2, 0) is 17.8 Å². The third-order valence-corrected chi connectivity index (χ3v) is 11.5. The van der Waals surface area contributed by atoms with E-state index in [1.165, 1.54) is 5.56 Å². The summed E-state index contributed by atoms with van der Waals surface area (Å²) in [4.78, 5) is 28.6. The van der Waals surface area contributed by atoms with Crippen molar-refractivity contribution in [3.8, 4) is 5.75 Å². The molecule has 2 fully saturated rings. The molecule has 0 heterocycles. The van der Waals surface area contributed by atoms with Gasteiger partial charge in [0.2, 0.25) is 0 Å². The van der Waals surface area contributed by atoms with E-state index in [-0.39, 0.29) is 23.1 Å². The fourth-order valence-corrected chi connectivity index (χ4v) is 9.02. The van der Waals surface area contributed by atoms with Crippen LogP contribution in [0.2, 0.25) is 0 Å². The molecule has 46 heavy (non-hydrogen) atoms. The van der Waals surface area contributed by atoms with Gasteiger partial charge < -0.3 is 9.64 Å². The number of Topliss-reactive ketones (excluding diaryl/α,β-unsaturated/α-hetero) is 1. The minimum atomic E-state index is -0.283. The van der Waals surface area contributed by atoms with Crippen LogP contribution in [0.4, 0.5) is 4.39 Å². The molecular formula is C41H50FNO3. The van der Waals surface area contributed by atoms with Gasteiger partial charge in [-0.05, 0) is 110 Å². The number of carbonyl (C=O) groups excluding carboxylic acids is 2. The van der Waals surface area contributed by atoms with Gasteiger partial charge >= 0.3 is 0 Å². The molecule has 0 spiro atoms. The Morgan fingerprint density at radius 1 is 0.957 bits per heavy atom. The van der Waals surface area contributed by atoms with E-state index in [9.17, 15) is 9.59 Å². The highest BCUT2D eigenvalue weighted by Crippen LogP contribution is 2.61. The van der Waals surface area contributed by atoms with Gasteiger partial charge in [0.15, 0.2) is 11.6 Å². The standard InChI is InChI=1S/C41H50FNO3/c1-3-4-12-23-43(40(45)30-16-9-6-10-17-30)24-13-11-18-31-25-32-26-37(46-28-29-14-7-5-8-15-29)36(42)27-34(32)33-21-22-41(2)35(39(31)33)19-20-38(41)44/h5-10,14-17,26-27,31,33,35,39H,3-4,11-13,18-25,28H2,1-2H3/t31-,33?,35?,39?,41+/m1/s1. The summed E-state index contributed by atoms with van der Waals surface area (Å²) in [6.07, 6.45) is 10.7. The number of halogens is 1. The summed E-state index contributed by atoms with van der Waals surface area (Å²) >= 11 is 0. The molecule has 3 aromatic carbocycles. The van der Waals surface area contributed by atoms with Crippen LogP contribution >= 0.6 is 0 Å². The predicted molar refractivity (Wildman–Crippen MR) is 181 cm³/mol. The summed E-state index contributed by atoms with van der Waals surface area (Å²) in [7, 11) is 0. The smallest absolute Gasteiger partial charge is 0.253 e. The molecular weight excluding hydrogens is 573 g/mol. The molecule has 1 amide bonds. The summed E-state index contributed by atoms with van der Waals surface area (Å²) in [5.41, 5.74) is 3.89. The second-order valence-electron chi connectivity index (χ2n) is 14.3. The Labute approximate surface area is 274 Å². The lowest BCUT2D eigenvalue weighted by atomic mass is 9.52. The molecule has 244 valence electrons. The fourth-order valence-electron chi connectivity index (χ4n) is 9.02. The second-order valence-corrected chi connectivity index (χ2v) is 14.3. The summed E-state index contributed by atoms with van der Waals surface area (Å²) in [6.45, 7) is 6.30. The highest BCUT2D eigenvalue weighted by Gasteiger charge is 2.56. The minimum absolute atomic E-state index is 0.126. The number of carbonyl (C=O) groups is 2. The van der Waals surface area contributed by atoms with E-state index in [0.29, 0.717) is 42.3 Å². The number of hydrogen-bond donors (Lipinski definition) is 0. The molecule has 3 aliphatic rings. The number of amides is 1. The first-order chi connectivity index (χ1) is 22.4. The van der Waals surface area contributed by atoms with Crippen molar-refractivity contribution in [1.82, 2.24) is 4.90 Å². The van der Waals surface area contributed by atoms with Crippen molar-refractivity contribution < 1.29 is 18.7 Å². The molecule has 0 N–H and O–H groups in total. The van der Waals surface area contributed by atoms with Crippen LogP contribution in [-0.4, -0.2) is 29.7 Å². The van der Waals surface area contributed by atoms with Gasteiger partial charge in [0, 0.05) is 30.5 Å². The second kappa shape index (κ2) is 14.5. The zero-order valence-corrected chi connectivity index (χ0v) is 27.7. The number of fused-ring (bicyclic) bond motifs is 5. The molecule has 0 saturated heterocycles.